The van der Waals surface area contributed by atoms with Crippen LogP contribution in [-0.4, -0.2) is 28.9 Å². The van der Waals surface area contributed by atoms with E-state index in [1.807, 2.05) is 0 Å². The third-order valence-corrected chi connectivity index (χ3v) is 2.66. The molecule has 0 saturated heterocycles. The molecule has 0 aliphatic heterocycles. The molecule has 1 radical (unpaired) electrons. The van der Waals surface area contributed by atoms with Gasteiger partial charge in [-0.05, 0) is 6.92 Å². The zero-order valence-corrected chi connectivity index (χ0v) is 13.2. The van der Waals surface area contributed by atoms with Crippen molar-refractivity contribution >= 4 is 40.4 Å². The van der Waals surface area contributed by atoms with E-state index >= 15 is 0 Å². The standard InChI is InChI=1S/C9H6ClN2O3S.Y/c1-2-15-9(14)6(12-11)7(13)5-3-4-16-8(5)10;/h3H,2H2,1H3;/q-1;. The maximum absolute atomic E-state index is 11.7. The number of carbonyl (C=O) groups excluding carboxylic acids is 2. The number of hydrogen-bond acceptors (Lipinski definition) is 4. The summed E-state index contributed by atoms with van der Waals surface area (Å²) in [7, 11) is 0. The Morgan fingerprint density at radius 3 is 2.71 bits per heavy atom. The van der Waals surface area contributed by atoms with E-state index in [1.54, 1.807) is 6.92 Å². The number of Topliss-reactive ketones (excluding diaryl/α,β-unsaturated/α-hetero) is 1. The Kier molecular flexibility index (Phi) is 7.67. The van der Waals surface area contributed by atoms with Gasteiger partial charge in [0, 0.05) is 32.7 Å². The van der Waals surface area contributed by atoms with Crippen LogP contribution < -0.4 is 0 Å². The molecule has 87 valence electrons. The van der Waals surface area contributed by atoms with Crippen LogP contribution in [0.25, 0.3) is 5.53 Å². The minimum atomic E-state index is -0.989. The van der Waals surface area contributed by atoms with E-state index in [0.717, 1.165) is 11.3 Å². The van der Waals surface area contributed by atoms with Gasteiger partial charge in [-0.25, -0.2) is 4.79 Å². The number of carbonyl (C=O) groups is 2. The second-order valence-corrected chi connectivity index (χ2v) is 4.00. The fourth-order valence-corrected chi connectivity index (χ4v) is 1.73. The van der Waals surface area contributed by atoms with Gasteiger partial charge in [0.15, 0.2) is 0 Å². The second kappa shape index (κ2) is 7.85. The van der Waals surface area contributed by atoms with Crippen molar-refractivity contribution in [3.63, 3.8) is 0 Å². The van der Waals surface area contributed by atoms with Crippen LogP contribution in [0, 0.1) is 5.38 Å². The second-order valence-electron chi connectivity index (χ2n) is 2.55. The van der Waals surface area contributed by atoms with Gasteiger partial charge in [0.05, 0.1) is 6.61 Å². The number of rotatable bonds is 4. The van der Waals surface area contributed by atoms with Crippen molar-refractivity contribution in [2.75, 3.05) is 6.61 Å². The summed E-state index contributed by atoms with van der Waals surface area (Å²) in [5.74, 6) is -1.78. The largest absolute Gasteiger partial charge is 0.457 e. The molecule has 0 fully saturated rings. The Labute approximate surface area is 132 Å². The average Bonchev–Trinajstić information content (AvgIpc) is 2.65. The van der Waals surface area contributed by atoms with Crippen LogP contribution in [-0.2, 0) is 42.2 Å². The quantitative estimate of drug-likeness (QED) is 0.158. The van der Waals surface area contributed by atoms with E-state index in [9.17, 15) is 9.59 Å². The van der Waals surface area contributed by atoms with Gasteiger partial charge in [0.2, 0.25) is 5.78 Å². The number of ketones is 1. The molecule has 17 heavy (non-hydrogen) atoms. The van der Waals surface area contributed by atoms with Gasteiger partial charge in [-0.3, -0.25) is 16.1 Å². The van der Waals surface area contributed by atoms with Crippen LogP contribution >= 0.6 is 22.9 Å². The summed E-state index contributed by atoms with van der Waals surface area (Å²) in [6.45, 7) is 1.65. The molecule has 0 atom stereocenters. The molecule has 1 aromatic rings. The molecule has 1 aromatic heterocycles. The van der Waals surface area contributed by atoms with Gasteiger partial charge in [0.25, 0.3) is 0 Å². The molecule has 0 aliphatic carbocycles. The molecule has 5 nitrogen and oxygen atoms in total. The molecule has 1 rings (SSSR count). The summed E-state index contributed by atoms with van der Waals surface area (Å²) in [4.78, 5) is 25.6. The van der Waals surface area contributed by atoms with Gasteiger partial charge in [-0.2, -0.15) is 22.5 Å². The predicted octanol–water partition coefficient (Wildman–Crippen LogP) is 1.62. The van der Waals surface area contributed by atoms with Crippen molar-refractivity contribution in [3.8, 4) is 0 Å². The number of ether oxygens (including phenoxy) is 1. The fraction of sp³-hybridized carbons (Fsp3) is 0.222. The summed E-state index contributed by atoms with van der Waals surface area (Å²) >= 11 is 6.71. The van der Waals surface area contributed by atoms with E-state index < -0.39 is 17.5 Å². The maximum Gasteiger partial charge on any atom is 0.432 e. The number of esters is 1. The Balaban J connectivity index is 0.00000256. The number of halogens is 1. The number of hydrogen-bond donors (Lipinski definition) is 0. The summed E-state index contributed by atoms with van der Waals surface area (Å²) in [5, 5.41) is 2.63. The number of thiophene rings is 1. The Morgan fingerprint density at radius 1 is 1.65 bits per heavy atom. The van der Waals surface area contributed by atoms with Crippen LogP contribution in [0.3, 0.4) is 0 Å². The van der Waals surface area contributed by atoms with Crippen LogP contribution in [0.4, 0.5) is 0 Å². The third-order valence-electron chi connectivity index (χ3n) is 1.59. The molecule has 0 saturated carbocycles. The first-order valence-corrected chi connectivity index (χ1v) is 5.40. The summed E-state index contributed by atoms with van der Waals surface area (Å²) < 4.78 is 4.73. The van der Waals surface area contributed by atoms with E-state index in [2.05, 4.69) is 14.9 Å². The molecule has 0 bridgehead atoms. The van der Waals surface area contributed by atoms with E-state index in [4.69, 9.17) is 17.1 Å². The van der Waals surface area contributed by atoms with Crippen molar-refractivity contribution in [2.45, 2.75) is 6.92 Å². The normalized spacial score (nSPS) is 8.82. The van der Waals surface area contributed by atoms with Crippen molar-refractivity contribution in [1.29, 1.82) is 0 Å². The fourth-order valence-electron chi connectivity index (χ4n) is 0.913. The monoisotopic (exact) mass is 346 g/mol. The van der Waals surface area contributed by atoms with Crippen LogP contribution in [0.2, 0.25) is 4.34 Å². The first-order chi connectivity index (χ1) is 7.61. The van der Waals surface area contributed by atoms with Gasteiger partial charge < -0.3 is 10.3 Å². The van der Waals surface area contributed by atoms with Gasteiger partial charge in [-0.1, -0.05) is 9.90 Å². The minimum absolute atomic E-state index is 0. The minimum Gasteiger partial charge on any atom is -0.457 e. The van der Waals surface area contributed by atoms with E-state index in [0.29, 0.717) is 0 Å². The molecule has 0 spiro atoms. The summed E-state index contributed by atoms with van der Waals surface area (Å²) in [6.07, 6.45) is 0. The Hall–Kier alpha value is -0.386. The zero-order valence-electron chi connectivity index (χ0n) is 8.77. The zero-order chi connectivity index (χ0) is 12.1. The molecule has 0 unspecified atom stereocenters. The molecule has 0 aromatic carbocycles. The van der Waals surface area contributed by atoms with Crippen molar-refractivity contribution in [3.05, 3.63) is 26.9 Å². The van der Waals surface area contributed by atoms with Gasteiger partial charge in [0.1, 0.15) is 0 Å². The Morgan fingerprint density at radius 2 is 2.29 bits per heavy atom. The van der Waals surface area contributed by atoms with Crippen molar-refractivity contribution in [2.24, 2.45) is 0 Å². The summed E-state index contributed by atoms with van der Waals surface area (Å²) in [5.41, 5.74) is 7.96. The van der Waals surface area contributed by atoms with Crippen LogP contribution in [0.15, 0.2) is 6.07 Å². The topological polar surface area (TPSA) is 79.8 Å². The summed E-state index contributed by atoms with van der Waals surface area (Å²) in [6, 6.07) is 1.32. The molecule has 0 aliphatic rings. The van der Waals surface area contributed by atoms with E-state index in [-0.39, 0.29) is 49.2 Å². The van der Waals surface area contributed by atoms with Crippen molar-refractivity contribution < 1.29 is 51.8 Å². The van der Waals surface area contributed by atoms with Gasteiger partial charge in [-0.15, -0.1) is 5.38 Å². The Bertz CT molecular complexity index is 482. The van der Waals surface area contributed by atoms with Crippen LogP contribution in [0.1, 0.15) is 17.3 Å². The third kappa shape index (κ3) is 4.09. The molecule has 0 amide bonds. The molecule has 1 heterocycles. The average molecular weight is 347 g/mol. The smallest absolute Gasteiger partial charge is 0.432 e. The first-order valence-electron chi connectivity index (χ1n) is 4.21. The SMILES string of the molecule is CCOC(=O)C(=[N+]=[N-])C(=O)c1c[c-]sc1Cl.[Y]. The molecular weight excluding hydrogens is 341 g/mol. The maximum atomic E-state index is 11.7. The predicted molar refractivity (Wildman–Crippen MR) is 57.8 cm³/mol. The van der Waals surface area contributed by atoms with Gasteiger partial charge >= 0.3 is 11.7 Å². The van der Waals surface area contributed by atoms with Crippen molar-refractivity contribution in [1.82, 2.24) is 0 Å². The molecular formula is C9H6ClN2O3SY-. The molecule has 0 N–H and O–H groups in total. The molecule has 8 heteroatoms. The number of nitrogens with zero attached hydrogens (tertiary/aromatic N) is 2. The van der Waals surface area contributed by atoms with Crippen LogP contribution in [0.5, 0.6) is 0 Å². The van der Waals surface area contributed by atoms with E-state index in [1.165, 1.54) is 6.07 Å². The first kappa shape index (κ1) is 16.6.